The normalized spacial score (nSPS) is 12.1. The Labute approximate surface area is 81.2 Å². The van der Waals surface area contributed by atoms with E-state index in [1.165, 1.54) is 12.1 Å². The van der Waals surface area contributed by atoms with E-state index in [2.05, 4.69) is 9.56 Å². The van der Waals surface area contributed by atoms with E-state index in [4.69, 9.17) is 4.89 Å². The molecule has 0 amide bonds. The Morgan fingerprint density at radius 2 is 1.93 bits per heavy atom. The van der Waals surface area contributed by atoms with Crippen molar-refractivity contribution in [2.75, 3.05) is 0 Å². The second kappa shape index (κ2) is 4.91. The van der Waals surface area contributed by atoms with Crippen molar-refractivity contribution < 1.29 is 23.8 Å². The van der Waals surface area contributed by atoms with Crippen molar-refractivity contribution in [3.8, 4) is 0 Å². The summed E-state index contributed by atoms with van der Waals surface area (Å²) in [6.07, 6.45) is 0. The number of hydrogen-bond acceptors (Lipinski definition) is 4. The zero-order chi connectivity index (χ0) is 10.6. The number of carbonyl (C=O) groups is 1. The fourth-order valence-electron chi connectivity index (χ4n) is 0.811. The molecule has 6 heteroatoms. The zero-order valence-corrected chi connectivity index (χ0v) is 8.39. The third kappa shape index (κ3) is 3.30. The molecule has 5 nitrogen and oxygen atoms in total. The Kier molecular flexibility index (Phi) is 3.83. The number of benzene rings is 1. The van der Waals surface area contributed by atoms with Crippen LogP contribution in [0.5, 0.6) is 0 Å². The molecule has 0 spiro atoms. The summed E-state index contributed by atoms with van der Waals surface area (Å²) in [4.78, 5) is 23.4. The highest BCUT2D eigenvalue weighted by Gasteiger charge is 2.08. The molecule has 0 aliphatic rings. The molecular weight excluding hydrogens is 207 g/mol. The lowest BCUT2D eigenvalue weighted by Gasteiger charge is -2.00. The Morgan fingerprint density at radius 3 is 2.43 bits per heavy atom. The average Bonchev–Trinajstić information content (AvgIpc) is 2.15. The van der Waals surface area contributed by atoms with Crippen LogP contribution in [-0.4, -0.2) is 10.9 Å². The Balaban J connectivity index is 2.61. The van der Waals surface area contributed by atoms with Gasteiger partial charge in [-0.05, 0) is 19.1 Å². The van der Waals surface area contributed by atoms with Gasteiger partial charge in [-0.1, -0.05) is 22.4 Å². The van der Waals surface area contributed by atoms with Gasteiger partial charge in [0.15, 0.2) is 0 Å². The van der Waals surface area contributed by atoms with E-state index in [0.717, 1.165) is 5.56 Å². The van der Waals surface area contributed by atoms with Gasteiger partial charge in [-0.25, -0.2) is 4.79 Å². The van der Waals surface area contributed by atoms with Crippen molar-refractivity contribution in [2.24, 2.45) is 0 Å². The van der Waals surface area contributed by atoms with Gasteiger partial charge in [0.1, 0.15) is 0 Å². The molecule has 14 heavy (non-hydrogen) atoms. The summed E-state index contributed by atoms with van der Waals surface area (Å²) in [6.45, 7) is 1.87. The Hall–Kier alpha value is -1.16. The minimum atomic E-state index is -3.24. The van der Waals surface area contributed by atoms with E-state index in [1.807, 2.05) is 6.92 Å². The first-order chi connectivity index (χ1) is 6.59. The van der Waals surface area contributed by atoms with Crippen LogP contribution in [0, 0.1) is 6.92 Å². The van der Waals surface area contributed by atoms with Gasteiger partial charge >= 0.3 is 14.2 Å². The third-order valence-corrected chi connectivity index (χ3v) is 1.70. The minimum Gasteiger partial charge on any atom is -0.324 e. The van der Waals surface area contributed by atoms with E-state index >= 15 is 0 Å². The van der Waals surface area contributed by atoms with Crippen LogP contribution in [-0.2, 0) is 14.1 Å². The smallest absolute Gasteiger partial charge is 0.324 e. The van der Waals surface area contributed by atoms with Gasteiger partial charge in [0.25, 0.3) is 0 Å². The van der Waals surface area contributed by atoms with Gasteiger partial charge in [0.05, 0.1) is 5.56 Å². The second-order valence-corrected chi connectivity index (χ2v) is 3.28. The summed E-state index contributed by atoms with van der Waals surface area (Å²) in [5, 5.41) is 0. The Morgan fingerprint density at radius 1 is 1.36 bits per heavy atom. The molecule has 0 radical (unpaired) electrons. The number of carbonyl (C=O) groups excluding carboxylic acids is 1. The summed E-state index contributed by atoms with van der Waals surface area (Å²) in [7, 11) is -3.24. The lowest BCUT2D eigenvalue weighted by molar-refractivity contribution is -0.150. The summed E-state index contributed by atoms with van der Waals surface area (Å²) in [5.74, 6) is -0.794. The summed E-state index contributed by atoms with van der Waals surface area (Å²) in [5.41, 5.74) is 1.26. The van der Waals surface area contributed by atoms with E-state index < -0.39 is 14.2 Å². The summed E-state index contributed by atoms with van der Waals surface area (Å²) < 4.78 is 13.9. The van der Waals surface area contributed by atoms with Crippen LogP contribution in [0.4, 0.5) is 0 Å². The van der Waals surface area contributed by atoms with Crippen LogP contribution in [0.25, 0.3) is 0 Å². The van der Waals surface area contributed by atoms with Gasteiger partial charge < -0.3 is 4.89 Å². The first-order valence-electron chi connectivity index (χ1n) is 3.78. The van der Waals surface area contributed by atoms with Crippen LogP contribution >= 0.6 is 8.25 Å². The maximum atomic E-state index is 11.1. The third-order valence-electron chi connectivity index (χ3n) is 1.48. The van der Waals surface area contributed by atoms with Gasteiger partial charge in [-0.2, -0.15) is 0 Å². The molecule has 76 valence electrons. The molecule has 0 saturated heterocycles. The minimum absolute atomic E-state index is 0.263. The monoisotopic (exact) mass is 216 g/mol. The average molecular weight is 216 g/mol. The summed E-state index contributed by atoms with van der Waals surface area (Å²) >= 11 is 0. The first kappa shape index (κ1) is 10.9. The van der Waals surface area contributed by atoms with Crippen LogP contribution in [0.15, 0.2) is 24.3 Å². The van der Waals surface area contributed by atoms with E-state index in [0.29, 0.717) is 0 Å². The van der Waals surface area contributed by atoms with Gasteiger partial charge in [0, 0.05) is 0 Å². The van der Waals surface area contributed by atoms with Crippen molar-refractivity contribution in [1.82, 2.24) is 0 Å². The van der Waals surface area contributed by atoms with Crippen molar-refractivity contribution in [3.05, 3.63) is 35.4 Å². The molecule has 0 heterocycles. The molecule has 1 rings (SSSR count). The highest BCUT2D eigenvalue weighted by Crippen LogP contribution is 2.16. The Bertz CT molecular complexity index is 345. The van der Waals surface area contributed by atoms with Gasteiger partial charge in [0.2, 0.25) is 0 Å². The number of hydrogen-bond donors (Lipinski definition) is 1. The maximum Gasteiger partial charge on any atom is 0.373 e. The quantitative estimate of drug-likeness (QED) is 0.470. The first-order valence-corrected chi connectivity index (χ1v) is 5.04. The van der Waals surface area contributed by atoms with Crippen molar-refractivity contribution in [2.45, 2.75) is 6.92 Å². The van der Waals surface area contributed by atoms with Crippen LogP contribution in [0.1, 0.15) is 15.9 Å². The molecule has 0 aliphatic carbocycles. The highest BCUT2D eigenvalue weighted by molar-refractivity contribution is 7.31. The largest absolute Gasteiger partial charge is 0.373 e. The molecule has 0 bridgehead atoms. The van der Waals surface area contributed by atoms with Crippen LogP contribution in [0.2, 0.25) is 0 Å². The summed E-state index contributed by atoms with van der Waals surface area (Å²) in [6, 6.07) is 6.52. The fraction of sp³-hybridized carbons (Fsp3) is 0.125. The lowest BCUT2D eigenvalue weighted by atomic mass is 10.2. The molecule has 0 saturated carbocycles. The maximum absolute atomic E-state index is 11.1. The fourth-order valence-corrected chi connectivity index (χ4v) is 0.958. The predicted octanol–water partition coefficient (Wildman–Crippen LogP) is 1.47. The standard InChI is InChI=1S/C8H9O5P/c1-6-2-4-7(5-3-6)8(9)12-13-14(10)11/h2-5,14H,1H3,(H,10,11). The van der Waals surface area contributed by atoms with Crippen molar-refractivity contribution in [1.29, 1.82) is 0 Å². The molecule has 0 aliphatic heterocycles. The van der Waals surface area contributed by atoms with Crippen molar-refractivity contribution >= 4 is 14.2 Å². The van der Waals surface area contributed by atoms with E-state index in [1.54, 1.807) is 12.1 Å². The van der Waals surface area contributed by atoms with Crippen molar-refractivity contribution in [3.63, 3.8) is 0 Å². The second-order valence-electron chi connectivity index (χ2n) is 2.59. The highest BCUT2D eigenvalue weighted by atomic mass is 31.1. The van der Waals surface area contributed by atoms with Gasteiger partial charge in [-0.3, -0.25) is 9.45 Å². The molecule has 1 atom stereocenters. The van der Waals surface area contributed by atoms with E-state index in [-0.39, 0.29) is 5.56 Å². The van der Waals surface area contributed by atoms with Crippen LogP contribution in [0.3, 0.4) is 0 Å². The molecule has 1 aromatic rings. The topological polar surface area (TPSA) is 72.8 Å². The lowest BCUT2D eigenvalue weighted by Crippen LogP contribution is -2.02. The zero-order valence-electron chi connectivity index (χ0n) is 7.39. The molecule has 1 N–H and O–H groups in total. The van der Waals surface area contributed by atoms with Gasteiger partial charge in [-0.15, -0.1) is 0 Å². The molecular formula is C8H9O5P. The van der Waals surface area contributed by atoms with E-state index in [9.17, 15) is 9.36 Å². The number of rotatable bonds is 3. The SMILES string of the molecule is Cc1ccc(C(=O)OO[PH](=O)O)cc1. The predicted molar refractivity (Wildman–Crippen MR) is 48.9 cm³/mol. The number of aryl methyl sites for hydroxylation is 1. The molecule has 1 unspecified atom stereocenters. The molecule has 1 aromatic carbocycles. The molecule has 0 fully saturated rings. The molecule has 0 aromatic heterocycles. The van der Waals surface area contributed by atoms with Crippen LogP contribution < -0.4 is 0 Å².